The molecule has 0 radical (unpaired) electrons. The SMILES string of the molecule is CCCCC(=O)NC(=S)Nc1cc(Cl)cc(Cl)c1O. The lowest BCUT2D eigenvalue weighted by atomic mass is 10.2. The van der Waals surface area contributed by atoms with E-state index in [0.717, 1.165) is 12.8 Å². The fraction of sp³-hybridized carbons (Fsp3) is 0.333. The van der Waals surface area contributed by atoms with Crippen LogP contribution < -0.4 is 10.6 Å². The van der Waals surface area contributed by atoms with Gasteiger partial charge in [-0.2, -0.15) is 0 Å². The Morgan fingerprint density at radius 3 is 2.74 bits per heavy atom. The van der Waals surface area contributed by atoms with Crippen LogP contribution in [-0.4, -0.2) is 16.1 Å². The molecule has 0 saturated carbocycles. The Balaban J connectivity index is 2.65. The van der Waals surface area contributed by atoms with Gasteiger partial charge in [0.1, 0.15) is 0 Å². The number of thiocarbonyl (C=S) groups is 1. The molecular weight excluding hydrogens is 307 g/mol. The molecule has 0 aliphatic carbocycles. The summed E-state index contributed by atoms with van der Waals surface area (Å²) in [5, 5.41) is 15.5. The van der Waals surface area contributed by atoms with Crippen molar-refractivity contribution >= 4 is 52.1 Å². The van der Waals surface area contributed by atoms with Crippen molar-refractivity contribution in [2.24, 2.45) is 0 Å². The second-order valence-electron chi connectivity index (χ2n) is 3.89. The van der Waals surface area contributed by atoms with E-state index in [-0.39, 0.29) is 27.5 Å². The minimum Gasteiger partial charge on any atom is -0.504 e. The van der Waals surface area contributed by atoms with Crippen LogP contribution in [0.4, 0.5) is 5.69 Å². The van der Waals surface area contributed by atoms with Crippen LogP contribution in [0.25, 0.3) is 0 Å². The summed E-state index contributed by atoms with van der Waals surface area (Å²) in [6, 6.07) is 2.87. The van der Waals surface area contributed by atoms with Crippen LogP contribution in [0.2, 0.25) is 10.0 Å². The molecule has 0 saturated heterocycles. The quantitative estimate of drug-likeness (QED) is 0.584. The summed E-state index contributed by atoms with van der Waals surface area (Å²) >= 11 is 16.6. The standard InChI is InChI=1S/C12H14Cl2N2O2S/c1-2-3-4-10(17)16-12(19)15-9-6-7(13)5-8(14)11(9)18/h5-6,18H,2-4H2,1H3,(H2,15,16,17,19). The maximum absolute atomic E-state index is 11.5. The molecule has 1 amide bonds. The van der Waals surface area contributed by atoms with Crippen LogP contribution in [0.15, 0.2) is 12.1 Å². The number of phenolic OH excluding ortho intramolecular Hbond substituents is 1. The van der Waals surface area contributed by atoms with Crippen LogP contribution in [0.3, 0.4) is 0 Å². The van der Waals surface area contributed by atoms with Gasteiger partial charge in [0.05, 0.1) is 10.7 Å². The molecule has 1 aromatic rings. The molecule has 0 aliphatic rings. The second kappa shape index (κ2) is 7.53. The van der Waals surface area contributed by atoms with Crippen molar-refractivity contribution in [1.82, 2.24) is 5.32 Å². The van der Waals surface area contributed by atoms with Crippen molar-refractivity contribution < 1.29 is 9.90 Å². The van der Waals surface area contributed by atoms with Gasteiger partial charge in [-0.15, -0.1) is 0 Å². The molecule has 0 atom stereocenters. The average molecular weight is 321 g/mol. The van der Waals surface area contributed by atoms with Gasteiger partial charge in [-0.1, -0.05) is 36.5 Å². The Labute approximate surface area is 127 Å². The van der Waals surface area contributed by atoms with Gasteiger partial charge in [0.15, 0.2) is 10.9 Å². The molecule has 3 N–H and O–H groups in total. The molecule has 0 bridgehead atoms. The lowest BCUT2D eigenvalue weighted by Crippen LogP contribution is -2.33. The van der Waals surface area contributed by atoms with E-state index in [1.165, 1.54) is 12.1 Å². The third-order valence-corrected chi connectivity index (χ3v) is 3.00. The first-order valence-electron chi connectivity index (χ1n) is 5.73. The topological polar surface area (TPSA) is 61.4 Å². The molecule has 0 spiro atoms. The van der Waals surface area contributed by atoms with Gasteiger partial charge in [-0.05, 0) is 30.8 Å². The summed E-state index contributed by atoms with van der Waals surface area (Å²) in [6.07, 6.45) is 2.13. The Hall–Kier alpha value is -1.04. The maximum atomic E-state index is 11.5. The number of carbonyl (C=O) groups is 1. The van der Waals surface area contributed by atoms with Crippen molar-refractivity contribution in [3.8, 4) is 5.75 Å². The van der Waals surface area contributed by atoms with Crippen LogP contribution in [-0.2, 0) is 4.79 Å². The first kappa shape index (κ1) is 16.0. The average Bonchev–Trinajstić information content (AvgIpc) is 2.32. The highest BCUT2D eigenvalue weighted by molar-refractivity contribution is 7.80. The summed E-state index contributed by atoms with van der Waals surface area (Å²) in [5.41, 5.74) is 0.248. The van der Waals surface area contributed by atoms with Gasteiger partial charge in [-0.25, -0.2) is 0 Å². The van der Waals surface area contributed by atoms with E-state index < -0.39 is 0 Å². The Kier molecular flexibility index (Phi) is 6.34. The first-order chi connectivity index (χ1) is 8.93. The number of aromatic hydroxyl groups is 1. The molecular formula is C12H14Cl2N2O2S. The highest BCUT2D eigenvalue weighted by atomic mass is 35.5. The zero-order chi connectivity index (χ0) is 14.4. The second-order valence-corrected chi connectivity index (χ2v) is 5.14. The smallest absolute Gasteiger partial charge is 0.226 e. The van der Waals surface area contributed by atoms with Gasteiger partial charge in [-0.3, -0.25) is 4.79 Å². The zero-order valence-electron chi connectivity index (χ0n) is 10.3. The monoisotopic (exact) mass is 320 g/mol. The number of anilines is 1. The number of halogens is 2. The van der Waals surface area contributed by atoms with E-state index in [1.807, 2.05) is 6.92 Å². The van der Waals surface area contributed by atoms with Crippen molar-refractivity contribution in [2.45, 2.75) is 26.2 Å². The molecule has 4 nitrogen and oxygen atoms in total. The highest BCUT2D eigenvalue weighted by Gasteiger charge is 2.10. The van der Waals surface area contributed by atoms with E-state index in [0.29, 0.717) is 11.4 Å². The summed E-state index contributed by atoms with van der Waals surface area (Å²) in [4.78, 5) is 11.5. The Morgan fingerprint density at radius 2 is 2.11 bits per heavy atom. The summed E-state index contributed by atoms with van der Waals surface area (Å²) in [7, 11) is 0. The van der Waals surface area contributed by atoms with Gasteiger partial charge in [0, 0.05) is 11.4 Å². The molecule has 104 valence electrons. The summed E-state index contributed by atoms with van der Waals surface area (Å²) < 4.78 is 0. The predicted octanol–water partition coefficient (Wildman–Crippen LogP) is 3.70. The van der Waals surface area contributed by atoms with Crippen LogP contribution >= 0.6 is 35.4 Å². The van der Waals surface area contributed by atoms with Gasteiger partial charge < -0.3 is 15.7 Å². The number of hydrogen-bond acceptors (Lipinski definition) is 3. The minimum atomic E-state index is -0.174. The minimum absolute atomic E-state index is 0.0923. The lowest BCUT2D eigenvalue weighted by molar-refractivity contribution is -0.119. The van der Waals surface area contributed by atoms with Crippen molar-refractivity contribution in [3.05, 3.63) is 22.2 Å². The number of carbonyl (C=O) groups excluding carboxylic acids is 1. The fourth-order valence-corrected chi connectivity index (χ4v) is 2.06. The third-order valence-electron chi connectivity index (χ3n) is 2.29. The molecule has 0 heterocycles. The number of hydrogen-bond donors (Lipinski definition) is 3. The number of nitrogens with one attached hydrogen (secondary N) is 2. The molecule has 0 unspecified atom stereocenters. The van der Waals surface area contributed by atoms with Gasteiger partial charge >= 0.3 is 0 Å². The molecule has 19 heavy (non-hydrogen) atoms. The molecule has 0 fully saturated rings. The van der Waals surface area contributed by atoms with Crippen molar-refractivity contribution in [1.29, 1.82) is 0 Å². The summed E-state index contributed by atoms with van der Waals surface area (Å²) in [6.45, 7) is 2.00. The number of unbranched alkanes of at least 4 members (excludes halogenated alkanes) is 1. The normalized spacial score (nSPS) is 10.1. The van der Waals surface area contributed by atoms with E-state index >= 15 is 0 Å². The molecule has 7 heteroatoms. The van der Waals surface area contributed by atoms with Crippen LogP contribution in [0.5, 0.6) is 5.75 Å². The number of amides is 1. The van der Waals surface area contributed by atoms with Crippen molar-refractivity contribution in [3.63, 3.8) is 0 Å². The first-order valence-corrected chi connectivity index (χ1v) is 6.89. The number of rotatable bonds is 4. The van der Waals surface area contributed by atoms with Crippen LogP contribution in [0.1, 0.15) is 26.2 Å². The van der Waals surface area contributed by atoms with E-state index in [1.54, 1.807) is 0 Å². The van der Waals surface area contributed by atoms with Gasteiger partial charge in [0.25, 0.3) is 0 Å². The van der Waals surface area contributed by atoms with E-state index in [4.69, 9.17) is 35.4 Å². The van der Waals surface area contributed by atoms with E-state index in [9.17, 15) is 9.90 Å². The Morgan fingerprint density at radius 1 is 1.42 bits per heavy atom. The maximum Gasteiger partial charge on any atom is 0.226 e. The largest absolute Gasteiger partial charge is 0.504 e. The van der Waals surface area contributed by atoms with Gasteiger partial charge in [0.2, 0.25) is 5.91 Å². The Bertz CT molecular complexity index is 495. The summed E-state index contributed by atoms with van der Waals surface area (Å²) in [5.74, 6) is -0.344. The third kappa shape index (κ3) is 5.22. The van der Waals surface area contributed by atoms with E-state index in [2.05, 4.69) is 10.6 Å². The molecule has 1 rings (SSSR count). The predicted molar refractivity (Wildman–Crippen MR) is 82.0 cm³/mol. The number of benzene rings is 1. The van der Waals surface area contributed by atoms with Crippen molar-refractivity contribution in [2.75, 3.05) is 5.32 Å². The molecule has 0 aliphatic heterocycles. The fourth-order valence-electron chi connectivity index (χ4n) is 1.34. The number of phenols is 1. The highest BCUT2D eigenvalue weighted by Crippen LogP contribution is 2.34. The zero-order valence-corrected chi connectivity index (χ0v) is 12.6. The van der Waals surface area contributed by atoms with Crippen LogP contribution in [0, 0.1) is 0 Å². The molecule has 1 aromatic carbocycles. The molecule has 0 aromatic heterocycles. The lowest BCUT2D eigenvalue weighted by Gasteiger charge is -2.12.